The minimum Gasteiger partial charge on any atom is -0.328 e. The molecule has 2 rings (SSSR count). The van der Waals surface area contributed by atoms with Crippen LogP contribution in [0.1, 0.15) is 19.8 Å². The van der Waals surface area contributed by atoms with Gasteiger partial charge in [0.2, 0.25) is 0 Å². The lowest BCUT2D eigenvalue weighted by atomic mass is 9.93. The molecule has 1 aromatic rings. The quantitative estimate of drug-likeness (QED) is 0.864. The summed E-state index contributed by atoms with van der Waals surface area (Å²) in [6.07, 6.45) is 1.89. The molecule has 0 bridgehead atoms. The maximum atomic E-state index is 12.5. The SMILES string of the molecule is CC(N)C1CCCN(S(=O)(=O)c2sccc2Br)C1.Cl. The van der Waals surface area contributed by atoms with Crippen molar-refractivity contribution >= 4 is 49.7 Å². The molecule has 8 heteroatoms. The van der Waals surface area contributed by atoms with E-state index in [0.717, 1.165) is 12.8 Å². The first-order valence-corrected chi connectivity index (χ1v) is 9.03. The highest BCUT2D eigenvalue weighted by molar-refractivity contribution is 9.10. The van der Waals surface area contributed by atoms with Crippen molar-refractivity contribution < 1.29 is 8.42 Å². The van der Waals surface area contributed by atoms with Gasteiger partial charge < -0.3 is 5.73 Å². The van der Waals surface area contributed by atoms with Crippen LogP contribution < -0.4 is 5.73 Å². The van der Waals surface area contributed by atoms with E-state index in [9.17, 15) is 8.42 Å². The fourth-order valence-corrected chi connectivity index (χ4v) is 6.19. The number of thiophene rings is 1. The maximum Gasteiger partial charge on any atom is 0.253 e. The summed E-state index contributed by atoms with van der Waals surface area (Å²) in [4.78, 5) is 0. The van der Waals surface area contributed by atoms with E-state index < -0.39 is 10.0 Å². The van der Waals surface area contributed by atoms with Crippen molar-refractivity contribution in [3.05, 3.63) is 15.9 Å². The molecule has 0 radical (unpaired) electrons. The van der Waals surface area contributed by atoms with E-state index in [0.29, 0.717) is 21.8 Å². The van der Waals surface area contributed by atoms with Crippen LogP contribution in [0.4, 0.5) is 0 Å². The van der Waals surface area contributed by atoms with Gasteiger partial charge in [-0.15, -0.1) is 23.7 Å². The lowest BCUT2D eigenvalue weighted by Crippen LogP contribution is -2.44. The highest BCUT2D eigenvalue weighted by atomic mass is 79.9. The first-order chi connectivity index (χ1) is 8.43. The Hall–Kier alpha value is 0.340. The normalized spacial score (nSPS) is 22.8. The Bertz CT molecular complexity index is 519. The van der Waals surface area contributed by atoms with Gasteiger partial charge in [0.05, 0.1) is 0 Å². The molecule has 2 heterocycles. The molecular formula is C11H18BrClN2O2S2. The summed E-state index contributed by atoms with van der Waals surface area (Å²) in [5, 5.41) is 1.78. The Labute approximate surface area is 133 Å². The molecule has 2 unspecified atom stereocenters. The van der Waals surface area contributed by atoms with Crippen molar-refractivity contribution in [2.24, 2.45) is 11.7 Å². The molecule has 2 N–H and O–H groups in total. The molecule has 0 spiro atoms. The average Bonchev–Trinajstić information content (AvgIpc) is 2.76. The van der Waals surface area contributed by atoms with Gasteiger partial charge in [-0.3, -0.25) is 0 Å². The third-order valence-electron chi connectivity index (χ3n) is 3.32. The summed E-state index contributed by atoms with van der Waals surface area (Å²) in [6.45, 7) is 3.07. The molecule has 0 saturated carbocycles. The molecule has 1 aromatic heterocycles. The summed E-state index contributed by atoms with van der Waals surface area (Å²) < 4.78 is 27.6. The molecule has 4 nitrogen and oxygen atoms in total. The standard InChI is InChI=1S/C11H17BrN2O2S2.ClH/c1-8(13)9-3-2-5-14(7-9)18(15,16)11-10(12)4-6-17-11;/h4,6,8-9H,2-3,5,7,13H2,1H3;1H. The van der Waals surface area contributed by atoms with Crippen LogP contribution >= 0.6 is 39.7 Å². The summed E-state index contributed by atoms with van der Waals surface area (Å²) in [5.41, 5.74) is 5.89. The predicted octanol–water partition coefficient (Wildman–Crippen LogP) is 2.68. The molecular weight excluding hydrogens is 372 g/mol. The smallest absolute Gasteiger partial charge is 0.253 e. The molecule has 1 saturated heterocycles. The zero-order valence-electron chi connectivity index (χ0n) is 10.6. The molecule has 0 aromatic carbocycles. The van der Waals surface area contributed by atoms with Crippen molar-refractivity contribution in [3.8, 4) is 0 Å². The highest BCUT2D eigenvalue weighted by Gasteiger charge is 2.33. The third-order valence-corrected chi connectivity index (χ3v) is 7.84. The third kappa shape index (κ3) is 3.71. The van der Waals surface area contributed by atoms with Crippen molar-refractivity contribution in [1.29, 1.82) is 0 Å². The molecule has 0 aliphatic carbocycles. The van der Waals surface area contributed by atoms with Gasteiger partial charge in [0.15, 0.2) is 0 Å². The van der Waals surface area contributed by atoms with Gasteiger partial charge in [0.1, 0.15) is 4.21 Å². The lowest BCUT2D eigenvalue weighted by molar-refractivity contribution is 0.243. The monoisotopic (exact) mass is 388 g/mol. The van der Waals surface area contributed by atoms with E-state index in [2.05, 4.69) is 15.9 Å². The van der Waals surface area contributed by atoms with Crippen molar-refractivity contribution in [2.45, 2.75) is 30.0 Å². The molecule has 1 aliphatic heterocycles. The van der Waals surface area contributed by atoms with E-state index in [1.807, 2.05) is 6.92 Å². The van der Waals surface area contributed by atoms with Gasteiger partial charge in [0, 0.05) is 23.6 Å². The zero-order chi connectivity index (χ0) is 13.3. The summed E-state index contributed by atoms with van der Waals surface area (Å²) >= 11 is 4.54. The Balaban J connectivity index is 0.00000180. The van der Waals surface area contributed by atoms with Crippen LogP contribution in [0.15, 0.2) is 20.1 Å². The Kier molecular flexibility index (Phi) is 6.28. The summed E-state index contributed by atoms with van der Waals surface area (Å²) in [7, 11) is -3.37. The van der Waals surface area contributed by atoms with E-state index in [1.54, 1.807) is 15.8 Å². The van der Waals surface area contributed by atoms with Gasteiger partial charge in [-0.05, 0) is 53.1 Å². The van der Waals surface area contributed by atoms with Crippen LogP contribution in [0.25, 0.3) is 0 Å². The number of hydrogen-bond donors (Lipinski definition) is 1. The van der Waals surface area contributed by atoms with Gasteiger partial charge in [0.25, 0.3) is 10.0 Å². The van der Waals surface area contributed by atoms with Gasteiger partial charge in [-0.1, -0.05) is 0 Å². The predicted molar refractivity (Wildman–Crippen MR) is 84.4 cm³/mol. The molecule has 0 amide bonds. The molecule has 19 heavy (non-hydrogen) atoms. The fraction of sp³-hybridized carbons (Fsp3) is 0.636. The Morgan fingerprint density at radius 1 is 1.58 bits per heavy atom. The van der Waals surface area contributed by atoms with Gasteiger partial charge in [-0.25, -0.2) is 8.42 Å². The lowest BCUT2D eigenvalue weighted by Gasteiger charge is -2.33. The molecule has 2 atom stereocenters. The summed E-state index contributed by atoms with van der Waals surface area (Å²) in [6, 6.07) is 1.81. The number of nitrogens with two attached hydrogens (primary N) is 1. The Morgan fingerprint density at radius 3 is 2.79 bits per heavy atom. The topological polar surface area (TPSA) is 63.4 Å². The summed E-state index contributed by atoms with van der Waals surface area (Å²) in [5.74, 6) is 0.257. The number of nitrogens with zero attached hydrogens (tertiary/aromatic N) is 1. The van der Waals surface area contributed by atoms with Gasteiger partial charge in [-0.2, -0.15) is 4.31 Å². The van der Waals surface area contributed by atoms with Gasteiger partial charge >= 0.3 is 0 Å². The maximum absolute atomic E-state index is 12.5. The molecule has 110 valence electrons. The number of hydrogen-bond acceptors (Lipinski definition) is 4. The van der Waals surface area contributed by atoms with E-state index >= 15 is 0 Å². The van der Waals surface area contributed by atoms with Crippen LogP contribution in [0.5, 0.6) is 0 Å². The van der Waals surface area contributed by atoms with Crippen LogP contribution in [0, 0.1) is 5.92 Å². The molecule has 1 aliphatic rings. The number of rotatable bonds is 3. The van der Waals surface area contributed by atoms with Crippen LogP contribution in [0.2, 0.25) is 0 Å². The first kappa shape index (κ1) is 17.4. The van der Waals surface area contributed by atoms with Crippen LogP contribution in [-0.4, -0.2) is 31.9 Å². The van der Waals surface area contributed by atoms with Crippen LogP contribution in [0.3, 0.4) is 0 Å². The van der Waals surface area contributed by atoms with E-state index in [4.69, 9.17) is 5.73 Å². The largest absolute Gasteiger partial charge is 0.328 e. The first-order valence-electron chi connectivity index (χ1n) is 5.91. The minimum atomic E-state index is -3.37. The second-order valence-corrected chi connectivity index (χ2v) is 8.58. The van der Waals surface area contributed by atoms with E-state index in [1.165, 1.54) is 11.3 Å². The van der Waals surface area contributed by atoms with Crippen molar-refractivity contribution in [3.63, 3.8) is 0 Å². The second kappa shape index (κ2) is 6.87. The van der Waals surface area contributed by atoms with Crippen molar-refractivity contribution in [1.82, 2.24) is 4.31 Å². The fourth-order valence-electron chi connectivity index (χ4n) is 2.20. The van der Waals surface area contributed by atoms with Crippen LogP contribution in [-0.2, 0) is 10.0 Å². The van der Waals surface area contributed by atoms with Crippen molar-refractivity contribution in [2.75, 3.05) is 13.1 Å². The minimum absolute atomic E-state index is 0. The zero-order valence-corrected chi connectivity index (χ0v) is 14.6. The Morgan fingerprint density at radius 2 is 2.26 bits per heavy atom. The van der Waals surface area contributed by atoms with E-state index in [-0.39, 0.29) is 24.4 Å². The average molecular weight is 390 g/mol. The molecule has 1 fully saturated rings. The highest BCUT2D eigenvalue weighted by Crippen LogP contribution is 2.32. The number of piperidine rings is 1. The second-order valence-electron chi connectivity index (χ2n) is 4.68. The number of sulfonamides is 1. The number of halogens is 2.